The topological polar surface area (TPSA) is 0 Å². The summed E-state index contributed by atoms with van der Waals surface area (Å²) in [5.41, 5.74) is 2.61. The quantitative estimate of drug-likeness (QED) is 0.495. The average molecular weight is 234 g/mol. The fraction of sp³-hybridized carbons (Fsp3) is 0.412. The molecule has 1 aliphatic carbocycles. The SMILES string of the molecule is C=C(C)C1=CC=CCC1.C=CC=C.CC.CC. The molecule has 0 saturated carbocycles. The second-order valence-electron chi connectivity index (χ2n) is 2.91. The summed E-state index contributed by atoms with van der Waals surface area (Å²) in [5.74, 6) is 0. The maximum atomic E-state index is 3.88. The first-order valence-corrected chi connectivity index (χ1v) is 6.47. The van der Waals surface area contributed by atoms with E-state index in [9.17, 15) is 0 Å². The van der Waals surface area contributed by atoms with Gasteiger partial charge in [0.2, 0.25) is 0 Å². The fourth-order valence-corrected chi connectivity index (χ4v) is 0.958. The molecule has 0 aromatic heterocycles. The van der Waals surface area contributed by atoms with Gasteiger partial charge in [0.15, 0.2) is 0 Å². The second kappa shape index (κ2) is 20.2. The van der Waals surface area contributed by atoms with Crippen LogP contribution in [0, 0.1) is 0 Å². The van der Waals surface area contributed by atoms with Crippen LogP contribution in [0.4, 0.5) is 0 Å². The molecular weight excluding hydrogens is 204 g/mol. The highest BCUT2D eigenvalue weighted by Crippen LogP contribution is 2.17. The lowest BCUT2D eigenvalue weighted by molar-refractivity contribution is 0.970. The van der Waals surface area contributed by atoms with E-state index in [1.807, 2.05) is 27.7 Å². The van der Waals surface area contributed by atoms with Crippen molar-refractivity contribution in [3.05, 3.63) is 61.3 Å². The Labute approximate surface area is 109 Å². The summed E-state index contributed by atoms with van der Waals surface area (Å²) in [6, 6.07) is 0. The summed E-state index contributed by atoms with van der Waals surface area (Å²) < 4.78 is 0. The number of rotatable bonds is 2. The molecule has 0 N–H and O–H groups in total. The van der Waals surface area contributed by atoms with Crippen LogP contribution in [0.25, 0.3) is 0 Å². The second-order valence-corrected chi connectivity index (χ2v) is 2.91. The van der Waals surface area contributed by atoms with Gasteiger partial charge in [-0.2, -0.15) is 0 Å². The third-order valence-corrected chi connectivity index (χ3v) is 1.73. The first kappa shape index (κ1) is 21.0. The van der Waals surface area contributed by atoms with Crippen LogP contribution in [-0.4, -0.2) is 0 Å². The molecule has 0 radical (unpaired) electrons. The van der Waals surface area contributed by atoms with Gasteiger partial charge >= 0.3 is 0 Å². The molecule has 0 nitrogen and oxygen atoms in total. The zero-order valence-corrected chi connectivity index (χ0v) is 12.4. The zero-order valence-electron chi connectivity index (χ0n) is 12.4. The van der Waals surface area contributed by atoms with E-state index < -0.39 is 0 Å². The van der Waals surface area contributed by atoms with Gasteiger partial charge in [0.25, 0.3) is 0 Å². The largest absolute Gasteiger partial charge is 0.0991 e. The Morgan fingerprint density at radius 1 is 1.12 bits per heavy atom. The van der Waals surface area contributed by atoms with Gasteiger partial charge in [-0.3, -0.25) is 0 Å². The molecule has 1 aliphatic rings. The molecule has 0 atom stereocenters. The Kier molecular flexibility index (Phi) is 24.9. The van der Waals surface area contributed by atoms with Gasteiger partial charge in [-0.05, 0) is 25.3 Å². The summed E-state index contributed by atoms with van der Waals surface area (Å²) in [7, 11) is 0. The molecule has 17 heavy (non-hydrogen) atoms. The van der Waals surface area contributed by atoms with Gasteiger partial charge in [-0.1, -0.05) is 83.4 Å². The first-order valence-electron chi connectivity index (χ1n) is 6.47. The Morgan fingerprint density at radius 2 is 1.59 bits per heavy atom. The van der Waals surface area contributed by atoms with Crippen molar-refractivity contribution in [1.82, 2.24) is 0 Å². The van der Waals surface area contributed by atoms with Crippen LogP contribution >= 0.6 is 0 Å². The van der Waals surface area contributed by atoms with Crippen LogP contribution in [-0.2, 0) is 0 Å². The van der Waals surface area contributed by atoms with Crippen molar-refractivity contribution in [3.8, 4) is 0 Å². The number of allylic oxidation sites excluding steroid dienone is 7. The Hall–Kier alpha value is -1.30. The zero-order chi connectivity index (χ0) is 14.1. The minimum atomic E-state index is 1.17. The highest BCUT2D eigenvalue weighted by molar-refractivity contribution is 5.32. The van der Waals surface area contributed by atoms with Crippen molar-refractivity contribution in [2.45, 2.75) is 47.5 Å². The van der Waals surface area contributed by atoms with Crippen LogP contribution in [0.1, 0.15) is 47.5 Å². The van der Waals surface area contributed by atoms with Crippen LogP contribution < -0.4 is 0 Å². The molecular formula is C17H30. The maximum absolute atomic E-state index is 3.88. The fourth-order valence-electron chi connectivity index (χ4n) is 0.958. The monoisotopic (exact) mass is 234 g/mol. The highest BCUT2D eigenvalue weighted by atomic mass is 14.0. The minimum Gasteiger partial charge on any atom is -0.0991 e. The standard InChI is InChI=1S/C9H12.C4H6.2C2H6/c1-8(2)9-6-4-3-5-7-9;1-3-4-2;2*1-2/h3-4,6H,1,5,7H2,2H3;3-4H,1-2H2;2*1-2H3. The molecule has 1 rings (SSSR count). The van der Waals surface area contributed by atoms with Crippen molar-refractivity contribution in [1.29, 1.82) is 0 Å². The van der Waals surface area contributed by atoms with Crippen LogP contribution in [0.2, 0.25) is 0 Å². The van der Waals surface area contributed by atoms with Gasteiger partial charge in [-0.15, -0.1) is 0 Å². The van der Waals surface area contributed by atoms with Gasteiger partial charge in [0.05, 0.1) is 0 Å². The summed E-state index contributed by atoms with van der Waals surface area (Å²) >= 11 is 0. The van der Waals surface area contributed by atoms with E-state index in [1.54, 1.807) is 12.2 Å². The highest BCUT2D eigenvalue weighted by Gasteiger charge is 1.97. The van der Waals surface area contributed by atoms with E-state index >= 15 is 0 Å². The smallest absolute Gasteiger partial charge is 0.0242 e. The van der Waals surface area contributed by atoms with E-state index in [4.69, 9.17) is 0 Å². The third-order valence-electron chi connectivity index (χ3n) is 1.73. The van der Waals surface area contributed by atoms with Gasteiger partial charge in [-0.25, -0.2) is 0 Å². The molecule has 0 bridgehead atoms. The lowest BCUT2D eigenvalue weighted by Gasteiger charge is -2.06. The molecule has 0 heteroatoms. The summed E-state index contributed by atoms with van der Waals surface area (Å²) in [6.07, 6.45) is 12.1. The summed E-state index contributed by atoms with van der Waals surface area (Å²) in [4.78, 5) is 0. The molecule has 0 heterocycles. The van der Waals surface area contributed by atoms with Crippen LogP contribution in [0.15, 0.2) is 61.3 Å². The van der Waals surface area contributed by atoms with E-state index in [0.29, 0.717) is 0 Å². The van der Waals surface area contributed by atoms with E-state index in [-0.39, 0.29) is 0 Å². The summed E-state index contributed by atoms with van der Waals surface area (Å²) in [6.45, 7) is 20.7. The van der Waals surface area contributed by atoms with E-state index in [1.165, 1.54) is 24.0 Å². The van der Waals surface area contributed by atoms with Crippen molar-refractivity contribution in [3.63, 3.8) is 0 Å². The molecule has 0 aromatic rings. The van der Waals surface area contributed by atoms with Crippen molar-refractivity contribution >= 4 is 0 Å². The molecule has 0 saturated heterocycles. The van der Waals surface area contributed by atoms with Crippen LogP contribution in [0.3, 0.4) is 0 Å². The first-order chi connectivity index (χ1) is 8.22. The average Bonchev–Trinajstić information content (AvgIpc) is 2.44. The van der Waals surface area contributed by atoms with Crippen LogP contribution in [0.5, 0.6) is 0 Å². The third kappa shape index (κ3) is 17.3. The van der Waals surface area contributed by atoms with Gasteiger partial charge < -0.3 is 0 Å². The molecule has 0 spiro atoms. The predicted molar refractivity (Wildman–Crippen MR) is 84.4 cm³/mol. The van der Waals surface area contributed by atoms with Gasteiger partial charge in [0, 0.05) is 0 Å². The number of hydrogen-bond donors (Lipinski definition) is 0. The van der Waals surface area contributed by atoms with Crippen molar-refractivity contribution in [2.24, 2.45) is 0 Å². The van der Waals surface area contributed by atoms with Crippen molar-refractivity contribution < 1.29 is 0 Å². The normalized spacial score (nSPS) is 11.0. The van der Waals surface area contributed by atoms with Crippen molar-refractivity contribution in [2.75, 3.05) is 0 Å². The number of hydrogen-bond acceptors (Lipinski definition) is 0. The Bertz CT molecular complexity index is 233. The molecule has 98 valence electrons. The summed E-state index contributed by atoms with van der Waals surface area (Å²) in [5, 5.41) is 0. The molecule has 0 amide bonds. The van der Waals surface area contributed by atoms with E-state index in [2.05, 4.69) is 44.9 Å². The Morgan fingerprint density at radius 3 is 1.76 bits per heavy atom. The Balaban J connectivity index is -0.000000208. The van der Waals surface area contributed by atoms with Gasteiger partial charge in [0.1, 0.15) is 0 Å². The lowest BCUT2D eigenvalue weighted by atomic mass is 10.00. The predicted octanol–water partition coefficient (Wildman–Crippen LogP) is 6.25. The van der Waals surface area contributed by atoms with E-state index in [0.717, 1.165) is 0 Å². The molecule has 0 aliphatic heterocycles. The minimum absolute atomic E-state index is 1.17. The molecule has 0 unspecified atom stereocenters. The lowest BCUT2D eigenvalue weighted by Crippen LogP contribution is -1.86. The maximum Gasteiger partial charge on any atom is -0.0242 e. The molecule has 0 aromatic carbocycles. The molecule has 0 fully saturated rings.